The summed E-state index contributed by atoms with van der Waals surface area (Å²) >= 11 is 5.90. The summed E-state index contributed by atoms with van der Waals surface area (Å²) in [4.78, 5) is 36.8. The number of ether oxygens (including phenoxy) is 1. The minimum Gasteiger partial charge on any atom is -0.483 e. The SMILES string of the molecule is Cc1cc(Cl)ccc1OCC(=O)NNC(=O)c1ccc(NC(=O)c2ccc(C(C)(C)C)cc2)cc1. The Kier molecular flexibility index (Phi) is 8.14. The molecule has 0 atom stereocenters. The lowest BCUT2D eigenvalue weighted by Crippen LogP contribution is -2.43. The monoisotopic (exact) mass is 493 g/mol. The highest BCUT2D eigenvalue weighted by Crippen LogP contribution is 2.23. The lowest BCUT2D eigenvalue weighted by atomic mass is 9.87. The van der Waals surface area contributed by atoms with Crippen molar-refractivity contribution >= 4 is 35.0 Å². The third-order valence-electron chi connectivity index (χ3n) is 5.23. The molecule has 7 nitrogen and oxygen atoms in total. The third kappa shape index (κ3) is 7.32. The molecule has 182 valence electrons. The van der Waals surface area contributed by atoms with Crippen LogP contribution in [0.25, 0.3) is 0 Å². The van der Waals surface area contributed by atoms with Crippen molar-refractivity contribution in [1.82, 2.24) is 10.9 Å². The van der Waals surface area contributed by atoms with E-state index in [1.165, 1.54) is 0 Å². The molecule has 0 aliphatic heterocycles. The van der Waals surface area contributed by atoms with Crippen molar-refractivity contribution in [2.75, 3.05) is 11.9 Å². The Hall–Kier alpha value is -3.84. The highest BCUT2D eigenvalue weighted by molar-refractivity contribution is 6.30. The van der Waals surface area contributed by atoms with E-state index in [2.05, 4.69) is 36.9 Å². The molecule has 3 aromatic rings. The van der Waals surface area contributed by atoms with Crippen LogP contribution in [0.2, 0.25) is 5.02 Å². The molecule has 0 aromatic heterocycles. The fourth-order valence-corrected chi connectivity index (χ4v) is 3.41. The Morgan fingerprint density at radius 2 is 1.43 bits per heavy atom. The van der Waals surface area contributed by atoms with Gasteiger partial charge in [-0.05, 0) is 78.1 Å². The number of nitrogens with one attached hydrogen (secondary N) is 3. The molecule has 8 heteroatoms. The minimum atomic E-state index is -0.519. The zero-order valence-electron chi connectivity index (χ0n) is 20.1. The Bertz CT molecular complexity index is 1220. The molecule has 3 N–H and O–H groups in total. The van der Waals surface area contributed by atoms with E-state index < -0.39 is 11.8 Å². The predicted molar refractivity (Wildman–Crippen MR) is 137 cm³/mol. The van der Waals surface area contributed by atoms with Crippen LogP contribution >= 0.6 is 11.6 Å². The standard InChI is InChI=1S/C27H28ClN3O4/c1-17-15-21(28)11-14-23(17)35-16-24(32)30-31-26(34)19-7-12-22(13-8-19)29-25(33)18-5-9-20(10-6-18)27(2,3)4/h5-15H,16H2,1-4H3,(H,29,33)(H,30,32)(H,31,34). The molecule has 0 radical (unpaired) electrons. The number of hydrogen-bond acceptors (Lipinski definition) is 4. The molecule has 3 amide bonds. The number of aryl methyl sites for hydroxylation is 1. The van der Waals surface area contributed by atoms with E-state index in [9.17, 15) is 14.4 Å². The van der Waals surface area contributed by atoms with Gasteiger partial charge >= 0.3 is 0 Å². The summed E-state index contributed by atoms with van der Waals surface area (Å²) in [6, 6.07) is 18.9. The van der Waals surface area contributed by atoms with Gasteiger partial charge in [0, 0.05) is 21.8 Å². The molecule has 35 heavy (non-hydrogen) atoms. The average molecular weight is 494 g/mol. The van der Waals surface area contributed by atoms with Crippen molar-refractivity contribution in [1.29, 1.82) is 0 Å². The molecule has 0 spiro atoms. The van der Waals surface area contributed by atoms with Crippen LogP contribution in [0.4, 0.5) is 5.69 Å². The fourth-order valence-electron chi connectivity index (χ4n) is 3.18. The van der Waals surface area contributed by atoms with Crippen LogP contribution in [0.1, 0.15) is 52.6 Å². The van der Waals surface area contributed by atoms with Gasteiger partial charge in [0.05, 0.1) is 0 Å². The van der Waals surface area contributed by atoms with Crippen molar-refractivity contribution in [2.24, 2.45) is 0 Å². The summed E-state index contributed by atoms with van der Waals surface area (Å²) < 4.78 is 5.44. The first-order chi connectivity index (χ1) is 16.5. The summed E-state index contributed by atoms with van der Waals surface area (Å²) in [5, 5.41) is 3.38. The van der Waals surface area contributed by atoms with E-state index in [1.54, 1.807) is 54.6 Å². The lowest BCUT2D eigenvalue weighted by molar-refractivity contribution is -0.123. The second-order valence-corrected chi connectivity index (χ2v) is 9.50. The normalized spacial score (nSPS) is 10.9. The van der Waals surface area contributed by atoms with Crippen LogP contribution in [0.5, 0.6) is 5.75 Å². The van der Waals surface area contributed by atoms with Gasteiger partial charge in [0.2, 0.25) is 0 Å². The first kappa shape index (κ1) is 25.8. The summed E-state index contributed by atoms with van der Waals surface area (Å²) in [5.74, 6) is -0.741. The van der Waals surface area contributed by atoms with Crippen LogP contribution in [0.3, 0.4) is 0 Å². The van der Waals surface area contributed by atoms with E-state index >= 15 is 0 Å². The molecular weight excluding hydrogens is 466 g/mol. The maximum Gasteiger partial charge on any atom is 0.276 e. The Balaban J connectivity index is 1.48. The largest absolute Gasteiger partial charge is 0.483 e. The molecule has 0 bridgehead atoms. The predicted octanol–water partition coefficient (Wildman–Crippen LogP) is 5.04. The van der Waals surface area contributed by atoms with Crippen molar-refractivity contribution < 1.29 is 19.1 Å². The number of rotatable bonds is 6. The third-order valence-corrected chi connectivity index (χ3v) is 5.46. The van der Waals surface area contributed by atoms with E-state index in [-0.39, 0.29) is 17.9 Å². The second-order valence-electron chi connectivity index (χ2n) is 9.06. The summed E-state index contributed by atoms with van der Waals surface area (Å²) in [5.41, 5.74) is 7.98. The maximum atomic E-state index is 12.5. The highest BCUT2D eigenvalue weighted by Gasteiger charge is 2.15. The Labute approximate surface area is 209 Å². The van der Waals surface area contributed by atoms with Crippen molar-refractivity contribution in [3.63, 3.8) is 0 Å². The lowest BCUT2D eigenvalue weighted by Gasteiger charge is -2.19. The van der Waals surface area contributed by atoms with Crippen LogP contribution < -0.4 is 20.9 Å². The van der Waals surface area contributed by atoms with Crippen LogP contribution in [-0.4, -0.2) is 24.3 Å². The summed E-state index contributed by atoms with van der Waals surface area (Å²) in [6.07, 6.45) is 0. The zero-order valence-corrected chi connectivity index (χ0v) is 20.8. The smallest absolute Gasteiger partial charge is 0.276 e. The molecule has 0 heterocycles. The first-order valence-corrected chi connectivity index (χ1v) is 11.4. The Morgan fingerprint density at radius 3 is 2.03 bits per heavy atom. The van der Waals surface area contributed by atoms with E-state index in [0.717, 1.165) is 11.1 Å². The van der Waals surface area contributed by atoms with Gasteiger partial charge in [-0.2, -0.15) is 0 Å². The van der Waals surface area contributed by atoms with Gasteiger partial charge in [0.1, 0.15) is 5.75 Å². The highest BCUT2D eigenvalue weighted by atomic mass is 35.5. The van der Waals surface area contributed by atoms with Crippen molar-refractivity contribution in [3.05, 3.63) is 94.0 Å². The number of benzene rings is 3. The van der Waals surface area contributed by atoms with Gasteiger partial charge in [-0.15, -0.1) is 0 Å². The number of carbonyl (C=O) groups is 3. The quantitative estimate of drug-likeness (QED) is 0.419. The maximum absolute atomic E-state index is 12.5. The molecule has 0 aliphatic rings. The van der Waals surface area contributed by atoms with E-state index in [4.69, 9.17) is 16.3 Å². The Morgan fingerprint density at radius 1 is 0.829 bits per heavy atom. The van der Waals surface area contributed by atoms with Gasteiger partial charge < -0.3 is 10.1 Å². The topological polar surface area (TPSA) is 96.5 Å². The summed E-state index contributed by atoms with van der Waals surface area (Å²) in [6.45, 7) is 7.88. The number of amides is 3. The number of anilines is 1. The fraction of sp³-hybridized carbons (Fsp3) is 0.222. The zero-order chi connectivity index (χ0) is 25.6. The number of hydrazine groups is 1. The van der Waals surface area contributed by atoms with Gasteiger partial charge in [-0.1, -0.05) is 44.5 Å². The minimum absolute atomic E-state index is 0.00758. The van der Waals surface area contributed by atoms with Crippen LogP contribution in [0, 0.1) is 6.92 Å². The molecular formula is C27H28ClN3O4. The molecule has 3 rings (SSSR count). The second kappa shape index (κ2) is 11.1. The average Bonchev–Trinajstić information content (AvgIpc) is 2.82. The summed E-state index contributed by atoms with van der Waals surface area (Å²) in [7, 11) is 0. The molecule has 0 unspecified atom stereocenters. The van der Waals surface area contributed by atoms with E-state index in [1.807, 2.05) is 19.1 Å². The number of hydrogen-bond donors (Lipinski definition) is 3. The number of halogens is 1. The van der Waals surface area contributed by atoms with Gasteiger partial charge in [-0.25, -0.2) is 0 Å². The van der Waals surface area contributed by atoms with Gasteiger partial charge in [-0.3, -0.25) is 25.2 Å². The molecule has 0 aliphatic carbocycles. The van der Waals surface area contributed by atoms with E-state index in [0.29, 0.717) is 27.6 Å². The van der Waals surface area contributed by atoms with Crippen LogP contribution in [-0.2, 0) is 10.2 Å². The number of carbonyl (C=O) groups excluding carboxylic acids is 3. The molecule has 0 saturated carbocycles. The van der Waals surface area contributed by atoms with Crippen LogP contribution in [0.15, 0.2) is 66.7 Å². The molecule has 3 aromatic carbocycles. The van der Waals surface area contributed by atoms with Crippen molar-refractivity contribution in [3.8, 4) is 5.75 Å². The van der Waals surface area contributed by atoms with Gasteiger partial charge in [0.15, 0.2) is 6.61 Å². The molecule has 0 saturated heterocycles. The van der Waals surface area contributed by atoms with Crippen molar-refractivity contribution in [2.45, 2.75) is 33.1 Å². The van der Waals surface area contributed by atoms with Gasteiger partial charge in [0.25, 0.3) is 17.7 Å². The molecule has 0 fully saturated rings. The first-order valence-electron chi connectivity index (χ1n) is 11.0.